The predicted molar refractivity (Wildman–Crippen MR) is 107 cm³/mol. The predicted octanol–water partition coefficient (Wildman–Crippen LogP) is 4.22. The first-order valence-electron chi connectivity index (χ1n) is 8.90. The lowest BCUT2D eigenvalue weighted by Gasteiger charge is -2.14. The molecule has 1 N–H and O–H groups in total. The van der Waals surface area contributed by atoms with Crippen LogP contribution in [0.2, 0.25) is 5.15 Å². The van der Waals surface area contributed by atoms with Crippen LogP contribution < -0.4 is 5.32 Å². The van der Waals surface area contributed by atoms with Gasteiger partial charge in [-0.3, -0.25) is 4.79 Å². The quantitative estimate of drug-likeness (QED) is 0.612. The SMILES string of the molecule is Cc1nn(Cc2ccccc2)c(Cl)c1C(=O)O[C@H](C)C(=O)Nc1ccccc1F. The van der Waals surface area contributed by atoms with Gasteiger partial charge in [0, 0.05) is 0 Å². The van der Waals surface area contributed by atoms with Crippen LogP contribution >= 0.6 is 11.6 Å². The first kappa shape index (κ1) is 20.5. The number of rotatable bonds is 6. The number of nitrogens with one attached hydrogen (secondary N) is 1. The summed E-state index contributed by atoms with van der Waals surface area (Å²) < 4.78 is 20.4. The van der Waals surface area contributed by atoms with Crippen LogP contribution in [0.4, 0.5) is 10.1 Å². The maximum Gasteiger partial charge on any atom is 0.343 e. The van der Waals surface area contributed by atoms with E-state index < -0.39 is 23.8 Å². The van der Waals surface area contributed by atoms with Gasteiger partial charge in [0.2, 0.25) is 0 Å². The zero-order valence-corrected chi connectivity index (χ0v) is 16.6. The maximum atomic E-state index is 13.7. The number of halogens is 2. The third-order valence-electron chi connectivity index (χ3n) is 4.23. The van der Waals surface area contributed by atoms with Crippen LogP contribution in [0.25, 0.3) is 0 Å². The Kier molecular flexibility index (Phi) is 6.29. The van der Waals surface area contributed by atoms with Crippen LogP contribution in [-0.4, -0.2) is 27.8 Å². The molecular weight excluding hydrogens is 397 g/mol. The van der Waals surface area contributed by atoms with E-state index >= 15 is 0 Å². The van der Waals surface area contributed by atoms with Crippen molar-refractivity contribution in [2.75, 3.05) is 5.32 Å². The van der Waals surface area contributed by atoms with Gasteiger partial charge in [0.05, 0.1) is 17.9 Å². The summed E-state index contributed by atoms with van der Waals surface area (Å²) in [6, 6.07) is 15.2. The molecule has 6 nitrogen and oxygen atoms in total. The van der Waals surface area contributed by atoms with E-state index in [-0.39, 0.29) is 16.4 Å². The van der Waals surface area contributed by atoms with E-state index in [1.165, 1.54) is 29.8 Å². The topological polar surface area (TPSA) is 73.2 Å². The molecule has 0 aliphatic heterocycles. The van der Waals surface area contributed by atoms with Gasteiger partial charge in [-0.1, -0.05) is 54.1 Å². The molecule has 0 fully saturated rings. The van der Waals surface area contributed by atoms with E-state index in [0.29, 0.717) is 12.2 Å². The first-order valence-corrected chi connectivity index (χ1v) is 9.28. The molecule has 0 unspecified atom stereocenters. The highest BCUT2D eigenvalue weighted by Gasteiger charge is 2.26. The van der Waals surface area contributed by atoms with E-state index in [1.54, 1.807) is 13.0 Å². The zero-order valence-electron chi connectivity index (χ0n) is 15.9. The molecule has 1 amide bonds. The van der Waals surface area contributed by atoms with Gasteiger partial charge >= 0.3 is 5.97 Å². The molecule has 1 aromatic heterocycles. The van der Waals surface area contributed by atoms with Crippen LogP contribution in [0.15, 0.2) is 54.6 Å². The highest BCUT2D eigenvalue weighted by atomic mass is 35.5. The minimum Gasteiger partial charge on any atom is -0.449 e. The summed E-state index contributed by atoms with van der Waals surface area (Å²) >= 11 is 6.34. The van der Waals surface area contributed by atoms with Crippen molar-refractivity contribution in [3.05, 3.63) is 82.4 Å². The Morgan fingerprint density at radius 2 is 1.83 bits per heavy atom. The molecule has 2 aromatic carbocycles. The Morgan fingerprint density at radius 1 is 1.17 bits per heavy atom. The van der Waals surface area contributed by atoms with E-state index in [4.69, 9.17) is 16.3 Å². The van der Waals surface area contributed by atoms with Crippen molar-refractivity contribution in [1.29, 1.82) is 0 Å². The van der Waals surface area contributed by atoms with Crippen LogP contribution in [0.3, 0.4) is 0 Å². The number of aromatic nitrogens is 2. The number of hydrogen-bond donors (Lipinski definition) is 1. The van der Waals surface area contributed by atoms with E-state index in [9.17, 15) is 14.0 Å². The fourth-order valence-electron chi connectivity index (χ4n) is 2.72. The van der Waals surface area contributed by atoms with Crippen molar-refractivity contribution in [2.45, 2.75) is 26.5 Å². The summed E-state index contributed by atoms with van der Waals surface area (Å²) in [6.07, 6.45) is -1.16. The van der Waals surface area contributed by atoms with Crippen LogP contribution in [-0.2, 0) is 16.1 Å². The number of benzene rings is 2. The number of carbonyl (C=O) groups excluding carboxylic acids is 2. The first-order chi connectivity index (χ1) is 13.9. The Balaban J connectivity index is 1.70. The van der Waals surface area contributed by atoms with Gasteiger partial charge in [0.25, 0.3) is 5.91 Å². The number of carbonyl (C=O) groups is 2. The maximum absolute atomic E-state index is 13.7. The largest absolute Gasteiger partial charge is 0.449 e. The van der Waals surface area contributed by atoms with Crippen LogP contribution in [0.5, 0.6) is 0 Å². The number of esters is 1. The smallest absolute Gasteiger partial charge is 0.343 e. The normalized spacial score (nSPS) is 11.7. The second kappa shape index (κ2) is 8.87. The molecule has 0 radical (unpaired) electrons. The minimum atomic E-state index is -1.16. The van der Waals surface area contributed by atoms with Gasteiger partial charge in [0.15, 0.2) is 6.10 Å². The van der Waals surface area contributed by atoms with Gasteiger partial charge in [-0.2, -0.15) is 5.10 Å². The number of anilines is 1. The highest BCUT2D eigenvalue weighted by molar-refractivity contribution is 6.32. The molecular formula is C21H19ClFN3O3. The second-order valence-electron chi connectivity index (χ2n) is 6.41. The average Bonchev–Trinajstić information content (AvgIpc) is 2.97. The lowest BCUT2D eigenvalue weighted by atomic mass is 10.2. The standard InChI is InChI=1S/C21H19ClFN3O3/c1-13-18(19(22)26(25-13)12-15-8-4-3-5-9-15)21(28)29-14(2)20(27)24-17-11-7-6-10-16(17)23/h3-11,14H,12H2,1-2H3,(H,24,27)/t14-/m1/s1. The Bertz CT molecular complexity index is 1040. The molecule has 0 bridgehead atoms. The van der Waals surface area contributed by atoms with E-state index in [0.717, 1.165) is 5.56 Å². The lowest BCUT2D eigenvalue weighted by Crippen LogP contribution is -2.30. The second-order valence-corrected chi connectivity index (χ2v) is 6.77. The highest BCUT2D eigenvalue weighted by Crippen LogP contribution is 2.23. The van der Waals surface area contributed by atoms with E-state index in [2.05, 4.69) is 10.4 Å². The van der Waals surface area contributed by atoms with Crippen LogP contribution in [0.1, 0.15) is 28.5 Å². The number of aryl methyl sites for hydroxylation is 1. The minimum absolute atomic E-state index is 0.00490. The molecule has 3 aromatic rings. The van der Waals surface area contributed by atoms with Gasteiger partial charge in [-0.05, 0) is 31.5 Å². The van der Waals surface area contributed by atoms with Gasteiger partial charge in [0.1, 0.15) is 16.5 Å². The molecule has 0 saturated heterocycles. The van der Waals surface area contributed by atoms with Gasteiger partial charge < -0.3 is 10.1 Å². The molecule has 0 aliphatic rings. The molecule has 0 saturated carbocycles. The molecule has 8 heteroatoms. The molecule has 0 aliphatic carbocycles. The van der Waals surface area contributed by atoms with Gasteiger partial charge in [-0.15, -0.1) is 0 Å². The van der Waals surface area contributed by atoms with Crippen molar-refractivity contribution in [2.24, 2.45) is 0 Å². The number of amides is 1. The molecule has 150 valence electrons. The third-order valence-corrected chi connectivity index (χ3v) is 4.61. The van der Waals surface area contributed by atoms with Crippen molar-refractivity contribution in [1.82, 2.24) is 9.78 Å². The number of nitrogens with zero attached hydrogens (tertiary/aromatic N) is 2. The monoisotopic (exact) mass is 415 g/mol. The van der Waals surface area contributed by atoms with Crippen molar-refractivity contribution in [3.63, 3.8) is 0 Å². The molecule has 1 heterocycles. The number of ether oxygens (including phenoxy) is 1. The van der Waals surface area contributed by atoms with Crippen molar-refractivity contribution in [3.8, 4) is 0 Å². The molecule has 1 atom stereocenters. The number of hydrogen-bond acceptors (Lipinski definition) is 4. The Hall–Kier alpha value is -3.19. The summed E-state index contributed by atoms with van der Waals surface area (Å²) in [4.78, 5) is 24.8. The third kappa shape index (κ3) is 4.81. The summed E-state index contributed by atoms with van der Waals surface area (Å²) in [5.41, 5.74) is 1.45. The fraction of sp³-hybridized carbons (Fsp3) is 0.190. The lowest BCUT2D eigenvalue weighted by molar-refractivity contribution is -0.123. The summed E-state index contributed by atoms with van der Waals surface area (Å²) in [7, 11) is 0. The summed E-state index contributed by atoms with van der Waals surface area (Å²) in [5.74, 6) is -2.02. The molecule has 3 rings (SSSR count). The average molecular weight is 416 g/mol. The summed E-state index contributed by atoms with van der Waals surface area (Å²) in [5, 5.41) is 6.80. The number of para-hydroxylation sites is 1. The van der Waals surface area contributed by atoms with Crippen molar-refractivity contribution < 1.29 is 18.7 Å². The van der Waals surface area contributed by atoms with Gasteiger partial charge in [-0.25, -0.2) is 13.9 Å². The van der Waals surface area contributed by atoms with E-state index in [1.807, 2.05) is 30.3 Å². The molecule has 29 heavy (non-hydrogen) atoms. The zero-order chi connectivity index (χ0) is 21.0. The Morgan fingerprint density at radius 3 is 2.52 bits per heavy atom. The summed E-state index contributed by atoms with van der Waals surface area (Å²) in [6.45, 7) is 3.41. The van der Waals surface area contributed by atoms with Crippen molar-refractivity contribution >= 4 is 29.2 Å². The molecule has 0 spiro atoms. The Labute approximate surface area is 172 Å². The fourth-order valence-corrected chi connectivity index (χ4v) is 3.03. The van der Waals surface area contributed by atoms with Crippen LogP contribution in [0, 0.1) is 12.7 Å².